The molecule has 2 aromatic carbocycles. The molecule has 0 saturated heterocycles. The van der Waals surface area contributed by atoms with E-state index >= 15 is 0 Å². The van der Waals surface area contributed by atoms with Crippen molar-refractivity contribution in [2.24, 2.45) is 0 Å². The van der Waals surface area contributed by atoms with Gasteiger partial charge in [0.2, 0.25) is 15.9 Å². The molecule has 0 aliphatic rings. The monoisotopic (exact) mass is 380 g/mol. The third-order valence-electron chi connectivity index (χ3n) is 3.68. The molecule has 0 aliphatic carbocycles. The average Bonchev–Trinajstić information content (AvgIpc) is 2.54. The fourth-order valence-electron chi connectivity index (χ4n) is 2.37. The van der Waals surface area contributed by atoms with Gasteiger partial charge in [-0.1, -0.05) is 36.7 Å². The number of nitrogens with one attached hydrogen (secondary N) is 1. The minimum atomic E-state index is -3.52. The van der Waals surface area contributed by atoms with E-state index in [1.54, 1.807) is 24.3 Å². The number of carbonyl (C=O) groups excluding carboxylic acids is 1. The molecule has 0 unspecified atom stereocenters. The van der Waals surface area contributed by atoms with Gasteiger partial charge in [0.1, 0.15) is 0 Å². The van der Waals surface area contributed by atoms with Gasteiger partial charge in [0.15, 0.2) is 0 Å². The van der Waals surface area contributed by atoms with Crippen LogP contribution in [0.2, 0.25) is 5.02 Å². The highest BCUT2D eigenvalue weighted by Gasteiger charge is 2.18. The summed E-state index contributed by atoms with van der Waals surface area (Å²) in [6.45, 7) is 2.10. The summed E-state index contributed by atoms with van der Waals surface area (Å²) in [5.74, 6) is -0.250. The van der Waals surface area contributed by atoms with Crippen LogP contribution < -0.4 is 9.62 Å². The van der Waals surface area contributed by atoms with E-state index < -0.39 is 10.0 Å². The number of carbonyl (C=O) groups is 1. The van der Waals surface area contributed by atoms with Crippen LogP contribution in [0.25, 0.3) is 0 Å². The van der Waals surface area contributed by atoms with Crippen molar-refractivity contribution in [2.45, 2.75) is 19.8 Å². The molecule has 0 bridgehead atoms. The molecule has 25 heavy (non-hydrogen) atoms. The quantitative estimate of drug-likeness (QED) is 0.796. The van der Waals surface area contributed by atoms with Gasteiger partial charge in [-0.15, -0.1) is 0 Å². The smallest absolute Gasteiger partial charge is 0.232 e. The molecule has 0 saturated carbocycles. The lowest BCUT2D eigenvalue weighted by Crippen LogP contribution is -2.33. The van der Waals surface area contributed by atoms with Crippen LogP contribution in [0.5, 0.6) is 0 Å². The Balaban J connectivity index is 2.03. The van der Waals surface area contributed by atoms with Crippen molar-refractivity contribution in [3.05, 3.63) is 59.1 Å². The molecule has 0 spiro atoms. The molecule has 0 fully saturated rings. The molecule has 134 valence electrons. The minimum Gasteiger partial charge on any atom is -0.326 e. The summed E-state index contributed by atoms with van der Waals surface area (Å²) in [5, 5.41) is 3.21. The maximum Gasteiger partial charge on any atom is 0.232 e. The van der Waals surface area contributed by atoms with Crippen molar-refractivity contribution in [3.8, 4) is 0 Å². The number of amides is 1. The lowest BCUT2D eigenvalue weighted by molar-refractivity contribution is -0.116. The predicted molar refractivity (Wildman–Crippen MR) is 103 cm³/mol. The predicted octanol–water partition coefficient (Wildman–Crippen LogP) is 3.70. The summed E-state index contributed by atoms with van der Waals surface area (Å²) in [6, 6.07) is 14.1. The van der Waals surface area contributed by atoms with Crippen LogP contribution in [0.4, 0.5) is 11.4 Å². The lowest BCUT2D eigenvalue weighted by atomic mass is 10.1. The number of halogens is 1. The molecule has 2 rings (SSSR count). The van der Waals surface area contributed by atoms with Crippen molar-refractivity contribution >= 4 is 38.9 Å². The highest BCUT2D eigenvalue weighted by molar-refractivity contribution is 7.92. The van der Waals surface area contributed by atoms with Gasteiger partial charge in [-0.3, -0.25) is 9.10 Å². The van der Waals surface area contributed by atoms with Crippen LogP contribution in [0.3, 0.4) is 0 Å². The van der Waals surface area contributed by atoms with Crippen molar-refractivity contribution in [2.75, 3.05) is 22.4 Å². The van der Waals surface area contributed by atoms with Gasteiger partial charge in [0.05, 0.1) is 11.9 Å². The third kappa shape index (κ3) is 5.76. The van der Waals surface area contributed by atoms with E-state index in [0.717, 1.165) is 12.7 Å². The second-order valence-electron chi connectivity index (χ2n) is 5.66. The van der Waals surface area contributed by atoms with Gasteiger partial charge in [-0.05, 0) is 42.3 Å². The Hall–Kier alpha value is -2.05. The Morgan fingerprint density at radius 2 is 1.84 bits per heavy atom. The van der Waals surface area contributed by atoms with Gasteiger partial charge < -0.3 is 5.32 Å². The highest BCUT2D eigenvalue weighted by atomic mass is 35.5. The Kier molecular flexibility index (Phi) is 6.45. The Bertz CT molecular complexity index is 836. The number of nitrogens with zero attached hydrogens (tertiary/aromatic N) is 1. The van der Waals surface area contributed by atoms with Crippen LogP contribution >= 0.6 is 11.6 Å². The van der Waals surface area contributed by atoms with Crippen LogP contribution in [0, 0.1) is 0 Å². The largest absolute Gasteiger partial charge is 0.326 e. The van der Waals surface area contributed by atoms with Crippen LogP contribution in [0.1, 0.15) is 18.9 Å². The average molecular weight is 381 g/mol. The van der Waals surface area contributed by atoms with Crippen LogP contribution in [0.15, 0.2) is 48.5 Å². The maximum atomic E-state index is 12.1. The van der Waals surface area contributed by atoms with Crippen molar-refractivity contribution < 1.29 is 13.2 Å². The molecule has 7 heteroatoms. The second-order valence-corrected chi connectivity index (χ2v) is 8.01. The minimum absolute atomic E-state index is 0.0368. The fourth-order valence-corrected chi connectivity index (χ4v) is 3.47. The van der Waals surface area contributed by atoms with Gasteiger partial charge in [-0.2, -0.15) is 0 Å². The number of hydrogen-bond donors (Lipinski definition) is 1. The standard InChI is InChI=1S/C18H21ClN2O3S/c1-3-14-7-9-16(10-8-14)20-18(22)11-12-21(25(2,23)24)17-6-4-5-15(19)13-17/h4-10,13H,3,11-12H2,1-2H3,(H,20,22). The maximum absolute atomic E-state index is 12.1. The Labute approximate surface area is 153 Å². The van der Waals surface area contributed by atoms with Crippen molar-refractivity contribution in [3.63, 3.8) is 0 Å². The summed E-state index contributed by atoms with van der Waals surface area (Å²) < 4.78 is 25.3. The molecule has 2 aromatic rings. The van der Waals surface area contributed by atoms with E-state index in [-0.39, 0.29) is 18.9 Å². The zero-order chi connectivity index (χ0) is 18.4. The normalized spacial score (nSPS) is 11.2. The summed E-state index contributed by atoms with van der Waals surface area (Å²) in [4.78, 5) is 12.1. The number of rotatable bonds is 7. The molecular formula is C18H21ClN2O3S. The first-order valence-electron chi connectivity index (χ1n) is 7.91. The molecule has 0 atom stereocenters. The Morgan fingerprint density at radius 3 is 2.40 bits per heavy atom. The van der Waals surface area contributed by atoms with Gasteiger partial charge in [0, 0.05) is 23.7 Å². The van der Waals surface area contributed by atoms with Gasteiger partial charge in [-0.25, -0.2) is 8.42 Å². The highest BCUT2D eigenvalue weighted by Crippen LogP contribution is 2.22. The van der Waals surface area contributed by atoms with Crippen molar-refractivity contribution in [1.82, 2.24) is 0 Å². The van der Waals surface area contributed by atoms with E-state index in [4.69, 9.17) is 11.6 Å². The van der Waals surface area contributed by atoms with E-state index in [0.29, 0.717) is 16.4 Å². The van der Waals surface area contributed by atoms with E-state index in [2.05, 4.69) is 12.2 Å². The fraction of sp³-hybridized carbons (Fsp3) is 0.278. The zero-order valence-electron chi connectivity index (χ0n) is 14.2. The molecule has 0 aliphatic heterocycles. The van der Waals surface area contributed by atoms with Crippen LogP contribution in [-0.2, 0) is 21.2 Å². The van der Waals surface area contributed by atoms with Crippen molar-refractivity contribution in [1.29, 1.82) is 0 Å². The first-order valence-corrected chi connectivity index (χ1v) is 10.1. The van der Waals surface area contributed by atoms with E-state index in [1.165, 1.54) is 9.87 Å². The first kappa shape index (κ1) is 19.3. The summed E-state index contributed by atoms with van der Waals surface area (Å²) in [6.07, 6.45) is 2.07. The number of aryl methyl sites for hydroxylation is 1. The number of hydrogen-bond acceptors (Lipinski definition) is 3. The molecule has 0 heterocycles. The van der Waals surface area contributed by atoms with E-state index in [1.807, 2.05) is 24.3 Å². The lowest BCUT2D eigenvalue weighted by Gasteiger charge is -2.22. The van der Waals surface area contributed by atoms with Gasteiger partial charge >= 0.3 is 0 Å². The van der Waals surface area contributed by atoms with Crippen LogP contribution in [-0.4, -0.2) is 27.1 Å². The Morgan fingerprint density at radius 1 is 1.16 bits per heavy atom. The van der Waals surface area contributed by atoms with E-state index in [9.17, 15) is 13.2 Å². The third-order valence-corrected chi connectivity index (χ3v) is 5.11. The zero-order valence-corrected chi connectivity index (χ0v) is 15.8. The second kappa shape index (κ2) is 8.36. The SMILES string of the molecule is CCc1ccc(NC(=O)CCN(c2cccc(Cl)c2)S(C)(=O)=O)cc1. The first-order chi connectivity index (χ1) is 11.8. The summed E-state index contributed by atoms with van der Waals surface area (Å²) >= 11 is 5.93. The topological polar surface area (TPSA) is 66.5 Å². The summed E-state index contributed by atoms with van der Waals surface area (Å²) in [7, 11) is -3.52. The van der Waals surface area contributed by atoms with Gasteiger partial charge in [0.25, 0.3) is 0 Å². The molecule has 1 N–H and O–H groups in total. The number of sulfonamides is 1. The molecular weight excluding hydrogens is 360 g/mol. The number of anilines is 2. The molecule has 0 radical (unpaired) electrons. The molecule has 0 aromatic heterocycles. The molecule has 5 nitrogen and oxygen atoms in total. The summed E-state index contributed by atoms with van der Waals surface area (Å²) in [5.41, 5.74) is 2.31. The molecule has 1 amide bonds. The number of benzene rings is 2.